The molecule has 0 aromatic carbocycles. The summed E-state index contributed by atoms with van der Waals surface area (Å²) in [5.41, 5.74) is 0. The van der Waals surface area contributed by atoms with Gasteiger partial charge in [-0.25, -0.2) is 0 Å². The van der Waals surface area contributed by atoms with Gasteiger partial charge in [-0.15, -0.1) is 4.37 Å². The molecule has 9 heteroatoms. The van der Waals surface area contributed by atoms with Crippen LogP contribution in [0.2, 0.25) is 0 Å². The largest absolute Gasteiger partial charge is 0.470 e. The van der Waals surface area contributed by atoms with Gasteiger partial charge >= 0.3 is 5.97 Å². The summed E-state index contributed by atoms with van der Waals surface area (Å²) in [6.45, 7) is 9.62. The molecule has 0 saturated carbocycles. The number of carbonyl (C=O) groups is 1. The van der Waals surface area contributed by atoms with Gasteiger partial charge in [-0.05, 0) is 65.3 Å². The van der Waals surface area contributed by atoms with Gasteiger partial charge in [-0.2, -0.15) is 4.37 Å². The first-order valence-corrected chi connectivity index (χ1v) is 16.3. The highest BCUT2D eigenvalue weighted by Crippen LogP contribution is 2.26. The second-order valence-corrected chi connectivity index (χ2v) is 9.99. The maximum absolute atomic E-state index is 12.4. The standard InChI is InChI=1S/C31H48N4O4S.C2H6/c1-3-4-5-6-7-8-9-10-11-12-13-14-15-16-17-18-19-20-21-29(36)39-28(26-32-2)27-38-31-30(33-40-34-31)35-22-24-37-25-23-35;1-2/h3-4,6-7,9-10,12-13,18-19,28,32H,5,8,11,14-17,20-27H2,1-2H3;1-2H3/b4-3?,7-6-,10-9-,13-12-,19-18-;. The molecule has 1 aromatic heterocycles. The van der Waals surface area contributed by atoms with E-state index in [-0.39, 0.29) is 12.6 Å². The van der Waals surface area contributed by atoms with E-state index >= 15 is 0 Å². The third-order valence-corrected chi connectivity index (χ3v) is 6.62. The number of esters is 1. The molecule has 1 unspecified atom stereocenters. The summed E-state index contributed by atoms with van der Waals surface area (Å²) in [5, 5.41) is 3.06. The van der Waals surface area contributed by atoms with Crippen LogP contribution in [0.25, 0.3) is 0 Å². The first kappa shape index (κ1) is 37.3. The lowest BCUT2D eigenvalue weighted by atomic mass is 10.1. The number of nitrogens with one attached hydrogen (secondary N) is 1. The Hall–Kier alpha value is -2.75. The molecule has 1 aliphatic rings. The summed E-state index contributed by atoms with van der Waals surface area (Å²) in [7, 11) is 1.83. The quantitative estimate of drug-likeness (QED) is 0.0897. The van der Waals surface area contributed by atoms with Gasteiger partial charge in [0.2, 0.25) is 5.82 Å². The van der Waals surface area contributed by atoms with Crippen molar-refractivity contribution in [3.63, 3.8) is 0 Å². The second kappa shape index (κ2) is 27.1. The van der Waals surface area contributed by atoms with Gasteiger partial charge in [0.15, 0.2) is 0 Å². The lowest BCUT2D eigenvalue weighted by Crippen LogP contribution is -2.37. The van der Waals surface area contributed by atoms with Gasteiger partial charge < -0.3 is 24.4 Å². The number of ether oxygens (including phenoxy) is 3. The summed E-state index contributed by atoms with van der Waals surface area (Å²) in [6, 6.07) is 0. The van der Waals surface area contributed by atoms with Crippen molar-refractivity contribution in [2.45, 2.75) is 84.7 Å². The van der Waals surface area contributed by atoms with Crippen molar-refractivity contribution in [3.05, 3.63) is 60.8 Å². The zero-order valence-corrected chi connectivity index (χ0v) is 27.2. The molecule has 1 atom stereocenters. The van der Waals surface area contributed by atoms with Crippen LogP contribution in [-0.4, -0.2) is 67.3 Å². The molecule has 8 nitrogen and oxygen atoms in total. The number of likely N-dealkylation sites (N-methyl/N-ethyl adjacent to an activating group) is 1. The summed E-state index contributed by atoms with van der Waals surface area (Å²) in [4.78, 5) is 14.5. The van der Waals surface area contributed by atoms with Gasteiger partial charge in [-0.3, -0.25) is 4.79 Å². The fraction of sp³-hybridized carbons (Fsp3) is 0.606. The van der Waals surface area contributed by atoms with E-state index in [9.17, 15) is 4.79 Å². The van der Waals surface area contributed by atoms with Gasteiger partial charge in [0.05, 0.1) is 24.9 Å². The molecular weight excluding hydrogens is 548 g/mol. The fourth-order valence-corrected chi connectivity index (χ4v) is 4.47. The van der Waals surface area contributed by atoms with Gasteiger partial charge in [-0.1, -0.05) is 74.6 Å². The van der Waals surface area contributed by atoms with Crippen molar-refractivity contribution in [1.29, 1.82) is 0 Å². The van der Waals surface area contributed by atoms with Gasteiger partial charge in [0.1, 0.15) is 12.7 Å². The van der Waals surface area contributed by atoms with E-state index in [4.69, 9.17) is 14.2 Å². The van der Waals surface area contributed by atoms with Crippen LogP contribution in [0.15, 0.2) is 60.8 Å². The molecule has 236 valence electrons. The van der Waals surface area contributed by atoms with Crippen molar-refractivity contribution in [2.24, 2.45) is 0 Å². The van der Waals surface area contributed by atoms with Gasteiger partial charge in [0, 0.05) is 26.1 Å². The number of nitrogens with zero attached hydrogens (tertiary/aromatic N) is 3. The average Bonchev–Trinajstić information content (AvgIpc) is 3.49. The highest BCUT2D eigenvalue weighted by atomic mass is 32.1. The molecule has 1 saturated heterocycles. The molecule has 1 N–H and O–H groups in total. The van der Waals surface area contributed by atoms with Crippen LogP contribution < -0.4 is 15.0 Å². The molecular formula is C33H54N4O4S. The minimum atomic E-state index is -0.394. The van der Waals surface area contributed by atoms with Crippen LogP contribution in [0.4, 0.5) is 5.82 Å². The van der Waals surface area contributed by atoms with Crippen molar-refractivity contribution in [1.82, 2.24) is 14.1 Å². The van der Waals surface area contributed by atoms with Crippen LogP contribution in [0, 0.1) is 0 Å². The Bertz CT molecular complexity index is 936. The molecule has 0 aliphatic carbocycles. The van der Waals surface area contributed by atoms with Gasteiger partial charge in [0.25, 0.3) is 5.88 Å². The summed E-state index contributed by atoms with van der Waals surface area (Å²) < 4.78 is 25.6. The third-order valence-electron chi connectivity index (χ3n) is 6.11. The number of rotatable bonds is 21. The zero-order chi connectivity index (χ0) is 30.5. The molecule has 0 amide bonds. The SMILES string of the molecule is CC.CC=CC/C=C\C/C=C\C/C=C\CCCC/C=C\CCC(=O)OC(CNC)COc1nsnc1N1CCOCC1. The molecule has 0 radical (unpaired) electrons. The maximum Gasteiger partial charge on any atom is 0.306 e. The number of hydrogen-bond donors (Lipinski definition) is 1. The number of morpholine rings is 1. The molecule has 1 fully saturated rings. The topological polar surface area (TPSA) is 85.8 Å². The van der Waals surface area contributed by atoms with Crippen LogP contribution >= 0.6 is 11.7 Å². The number of carbonyl (C=O) groups excluding carboxylic acids is 1. The highest BCUT2D eigenvalue weighted by molar-refractivity contribution is 6.99. The van der Waals surface area contributed by atoms with Crippen LogP contribution in [0.3, 0.4) is 0 Å². The molecule has 1 aliphatic heterocycles. The number of unbranched alkanes of at least 4 members (excludes halogenated alkanes) is 3. The second-order valence-electron chi connectivity index (χ2n) is 9.46. The summed E-state index contributed by atoms with van der Waals surface area (Å²) >= 11 is 1.12. The van der Waals surface area contributed by atoms with Crippen LogP contribution in [-0.2, 0) is 14.3 Å². The van der Waals surface area contributed by atoms with E-state index in [1.165, 1.54) is 6.42 Å². The number of allylic oxidation sites excluding steroid dienone is 10. The van der Waals surface area contributed by atoms with Crippen molar-refractivity contribution >= 4 is 23.5 Å². The predicted octanol–water partition coefficient (Wildman–Crippen LogP) is 7.22. The number of anilines is 1. The third kappa shape index (κ3) is 18.6. The molecule has 0 spiro atoms. The molecule has 42 heavy (non-hydrogen) atoms. The Balaban J connectivity index is 0.00000431. The van der Waals surface area contributed by atoms with E-state index in [0.29, 0.717) is 38.5 Å². The minimum absolute atomic E-state index is 0.220. The summed E-state index contributed by atoms with van der Waals surface area (Å²) in [5.74, 6) is 0.997. The minimum Gasteiger partial charge on any atom is -0.470 e. The zero-order valence-electron chi connectivity index (χ0n) is 26.3. The summed E-state index contributed by atoms with van der Waals surface area (Å²) in [6.07, 6.45) is 30.0. The Kier molecular flexibility index (Phi) is 24.1. The van der Waals surface area contributed by atoms with Crippen molar-refractivity contribution in [3.8, 4) is 5.88 Å². The van der Waals surface area contributed by atoms with E-state index in [1.807, 2.05) is 27.8 Å². The van der Waals surface area contributed by atoms with E-state index in [1.54, 1.807) is 0 Å². The maximum atomic E-state index is 12.4. The molecule has 0 bridgehead atoms. The molecule has 1 aromatic rings. The first-order valence-electron chi connectivity index (χ1n) is 15.6. The Labute approximate surface area is 258 Å². The monoisotopic (exact) mass is 602 g/mol. The van der Waals surface area contributed by atoms with E-state index < -0.39 is 6.10 Å². The van der Waals surface area contributed by atoms with Crippen LogP contribution in [0.5, 0.6) is 5.88 Å². The van der Waals surface area contributed by atoms with E-state index in [2.05, 4.69) is 79.7 Å². The highest BCUT2D eigenvalue weighted by Gasteiger charge is 2.22. The van der Waals surface area contributed by atoms with Crippen molar-refractivity contribution < 1.29 is 19.0 Å². The average molecular weight is 603 g/mol. The van der Waals surface area contributed by atoms with Crippen molar-refractivity contribution in [2.75, 3.05) is 51.4 Å². The van der Waals surface area contributed by atoms with Crippen LogP contribution in [0.1, 0.15) is 78.6 Å². The lowest BCUT2D eigenvalue weighted by molar-refractivity contribution is -0.150. The number of hydrogen-bond acceptors (Lipinski definition) is 9. The first-order chi connectivity index (χ1) is 20.7. The lowest BCUT2D eigenvalue weighted by Gasteiger charge is -2.27. The number of aromatic nitrogens is 2. The Morgan fingerprint density at radius 2 is 1.52 bits per heavy atom. The smallest absolute Gasteiger partial charge is 0.306 e. The molecule has 2 heterocycles. The Morgan fingerprint density at radius 1 is 0.929 bits per heavy atom. The Morgan fingerprint density at radius 3 is 2.17 bits per heavy atom. The molecule has 2 rings (SSSR count). The predicted molar refractivity (Wildman–Crippen MR) is 177 cm³/mol. The normalized spacial score (nSPS) is 14.8. The fourth-order valence-electron chi connectivity index (χ4n) is 3.95. The van der Waals surface area contributed by atoms with E-state index in [0.717, 1.165) is 69.2 Å².